The van der Waals surface area contributed by atoms with Crippen molar-refractivity contribution in [1.29, 1.82) is 0 Å². The Hall–Kier alpha value is -0.320. The van der Waals surface area contributed by atoms with Gasteiger partial charge in [0.15, 0.2) is 0 Å². The molecule has 0 aromatic heterocycles. The zero-order chi connectivity index (χ0) is 19.5. The van der Waals surface area contributed by atoms with E-state index in [9.17, 15) is 65.9 Å². The van der Waals surface area contributed by atoms with Gasteiger partial charge in [-0.3, -0.25) is 0 Å². The minimum Gasteiger partial charge on any atom is -0.192 e. The smallest absolute Gasteiger partial charge is 0.192 e. The summed E-state index contributed by atoms with van der Waals surface area (Å²) in [6.07, 6.45) is -7.57. The van der Waals surface area contributed by atoms with Crippen molar-refractivity contribution in [3.8, 4) is 0 Å². The Kier molecular flexibility index (Phi) is 5.26. The Morgan fingerprint density at radius 1 is 0.348 bits per heavy atom. The van der Waals surface area contributed by atoms with Crippen LogP contribution in [0.25, 0.3) is 0 Å². The van der Waals surface area contributed by atoms with Crippen molar-refractivity contribution < 1.29 is 65.9 Å². The minimum atomic E-state index is -8.20. The maximum Gasteiger partial charge on any atom is 0.460 e. The summed E-state index contributed by atoms with van der Waals surface area (Å²) in [4.78, 5) is 0. The Balaban J connectivity index is 6.37. The molecule has 0 rings (SSSR count). The first kappa shape index (κ1) is 22.7. The Morgan fingerprint density at radius 3 is 0.783 bits per heavy atom. The van der Waals surface area contributed by atoms with Crippen molar-refractivity contribution in [1.82, 2.24) is 0 Å². The molecule has 0 spiro atoms. The first-order valence-electron chi connectivity index (χ1n) is 4.52. The van der Waals surface area contributed by atoms with Crippen LogP contribution in [0.2, 0.25) is 0 Å². The summed E-state index contributed by atoms with van der Waals surface area (Å²) in [5, 5.41) is 0. The molecule has 0 unspecified atom stereocenters. The second-order valence-corrected chi connectivity index (χ2v) is 5.22. The van der Waals surface area contributed by atoms with Crippen LogP contribution in [-0.4, -0.2) is 39.7 Å². The van der Waals surface area contributed by atoms with E-state index < -0.39 is 62.3 Å². The monoisotopic (exact) mass is 496 g/mol. The van der Waals surface area contributed by atoms with Gasteiger partial charge in [-0.25, -0.2) is 0 Å². The second kappa shape index (κ2) is 5.34. The molecule has 0 amide bonds. The van der Waals surface area contributed by atoms with Crippen LogP contribution >= 0.6 is 22.6 Å². The van der Waals surface area contributed by atoms with E-state index in [0.29, 0.717) is 0 Å². The highest BCUT2D eigenvalue weighted by molar-refractivity contribution is 14.1. The molecule has 0 nitrogen and oxygen atoms in total. The highest BCUT2D eigenvalue weighted by Crippen LogP contribution is 2.63. The van der Waals surface area contributed by atoms with E-state index in [-0.39, 0.29) is 0 Å². The first-order chi connectivity index (χ1) is 9.50. The molecule has 0 aliphatic rings. The van der Waals surface area contributed by atoms with Gasteiger partial charge >= 0.3 is 39.7 Å². The van der Waals surface area contributed by atoms with E-state index in [0.717, 1.165) is 0 Å². The molecule has 0 aliphatic carbocycles. The Labute approximate surface area is 129 Å². The van der Waals surface area contributed by atoms with Crippen LogP contribution in [0, 0.1) is 0 Å². The van der Waals surface area contributed by atoms with Crippen molar-refractivity contribution in [3.05, 3.63) is 0 Å². The van der Waals surface area contributed by atoms with Gasteiger partial charge in [-0.15, -0.1) is 0 Å². The van der Waals surface area contributed by atoms with Crippen molar-refractivity contribution >= 4 is 22.6 Å². The average molecular weight is 496 g/mol. The summed E-state index contributed by atoms with van der Waals surface area (Å²) in [5.41, 5.74) is 0. The van der Waals surface area contributed by atoms with E-state index in [4.69, 9.17) is 0 Å². The van der Waals surface area contributed by atoms with E-state index in [1.807, 2.05) is 0 Å². The highest BCUT2D eigenvalue weighted by atomic mass is 127. The number of halogens is 16. The summed E-state index contributed by atoms with van der Waals surface area (Å²) in [7, 11) is 0. The molecule has 0 atom stereocenters. The molecule has 0 aromatic carbocycles. The molecule has 23 heavy (non-hydrogen) atoms. The zero-order valence-electron chi connectivity index (χ0n) is 9.55. The summed E-state index contributed by atoms with van der Waals surface area (Å²) in [6, 6.07) is 0. The summed E-state index contributed by atoms with van der Waals surface area (Å²) in [6.45, 7) is 0. The van der Waals surface area contributed by atoms with Crippen LogP contribution in [0.15, 0.2) is 0 Å². The zero-order valence-corrected chi connectivity index (χ0v) is 11.7. The fourth-order valence-electron chi connectivity index (χ4n) is 0.948. The lowest BCUT2D eigenvalue weighted by Crippen LogP contribution is -2.72. The van der Waals surface area contributed by atoms with Crippen LogP contribution in [0.5, 0.6) is 0 Å². The SMILES string of the molecule is FC(F)(F)C(F)(F)C(F)(F)C(F)(F)C(F)(F)C(F)(F)C(F)(F)I. The Bertz CT molecular complexity index is 400. The van der Waals surface area contributed by atoms with E-state index in [2.05, 4.69) is 0 Å². The minimum absolute atomic E-state index is 0.901. The molecule has 0 bridgehead atoms. The molecule has 0 fully saturated rings. The van der Waals surface area contributed by atoms with Crippen molar-refractivity contribution in [3.63, 3.8) is 0 Å². The largest absolute Gasteiger partial charge is 0.460 e. The van der Waals surface area contributed by atoms with E-state index in [1.165, 1.54) is 0 Å². The maximum atomic E-state index is 12.7. The quantitative estimate of drug-likeness (QED) is 0.259. The lowest BCUT2D eigenvalue weighted by atomic mass is 9.94. The van der Waals surface area contributed by atoms with Crippen LogP contribution in [0.4, 0.5) is 65.9 Å². The third-order valence-electron chi connectivity index (χ3n) is 2.29. The van der Waals surface area contributed by atoms with Gasteiger partial charge in [0.25, 0.3) is 0 Å². The summed E-state index contributed by atoms with van der Waals surface area (Å²) in [5.74, 6) is -39.7. The van der Waals surface area contributed by atoms with Gasteiger partial charge in [0.1, 0.15) is 0 Å². The predicted molar refractivity (Wildman–Crippen MR) is 49.8 cm³/mol. The predicted octanol–water partition coefficient (Wildman–Crippen LogP) is 5.75. The van der Waals surface area contributed by atoms with Crippen LogP contribution < -0.4 is 0 Å². The van der Waals surface area contributed by atoms with E-state index >= 15 is 0 Å². The molecule has 0 N–H and O–H groups in total. The third-order valence-corrected chi connectivity index (χ3v) is 2.97. The number of hydrogen-bond acceptors (Lipinski definition) is 0. The summed E-state index contributed by atoms with van der Waals surface area (Å²) >= 11 is -0.901. The van der Waals surface area contributed by atoms with Gasteiger partial charge in [-0.1, -0.05) is 0 Å². The van der Waals surface area contributed by atoms with Gasteiger partial charge < -0.3 is 0 Å². The lowest BCUT2D eigenvalue weighted by Gasteiger charge is -2.40. The average Bonchev–Trinajstić information content (AvgIpc) is 2.24. The lowest BCUT2D eigenvalue weighted by molar-refractivity contribution is -0.446. The highest BCUT2D eigenvalue weighted by Gasteiger charge is 2.93. The number of alkyl halides is 16. The summed E-state index contributed by atoms with van der Waals surface area (Å²) < 4.78 is 179. The van der Waals surface area contributed by atoms with Crippen molar-refractivity contribution in [2.24, 2.45) is 0 Å². The molecular weight excluding hydrogens is 496 g/mol. The molecule has 0 radical (unpaired) electrons. The van der Waals surface area contributed by atoms with Crippen molar-refractivity contribution in [2.75, 3.05) is 0 Å². The standard InChI is InChI=1S/C7F15I/c8-1(9,2(10,11)4(14,15)6(18,19)20)3(12,13)5(16,17)7(21,22)23. The molecule has 0 saturated heterocycles. The van der Waals surface area contributed by atoms with Crippen molar-refractivity contribution in [2.45, 2.75) is 39.7 Å². The molecule has 16 heteroatoms. The van der Waals surface area contributed by atoms with Gasteiger partial charge in [0.05, 0.1) is 0 Å². The van der Waals surface area contributed by atoms with Gasteiger partial charge in [-0.2, -0.15) is 65.9 Å². The second-order valence-electron chi connectivity index (χ2n) is 3.87. The van der Waals surface area contributed by atoms with Gasteiger partial charge in [0.2, 0.25) is 0 Å². The van der Waals surface area contributed by atoms with Gasteiger partial charge in [-0.05, 0) is 0 Å². The normalized spacial score (nSPS) is 16.7. The number of rotatable bonds is 5. The van der Waals surface area contributed by atoms with Crippen LogP contribution in [0.1, 0.15) is 0 Å². The van der Waals surface area contributed by atoms with Crippen LogP contribution in [0.3, 0.4) is 0 Å². The fourth-order valence-corrected chi connectivity index (χ4v) is 1.29. The molecular formula is C7F15I. The number of hydrogen-bond donors (Lipinski definition) is 0. The molecule has 140 valence electrons. The van der Waals surface area contributed by atoms with Crippen LogP contribution in [-0.2, 0) is 0 Å². The van der Waals surface area contributed by atoms with Gasteiger partial charge in [0, 0.05) is 22.6 Å². The molecule has 0 saturated carbocycles. The fraction of sp³-hybridized carbons (Fsp3) is 1.00. The molecule has 0 aromatic rings. The molecule has 0 heterocycles. The first-order valence-corrected chi connectivity index (χ1v) is 5.60. The molecule has 0 aliphatic heterocycles. The van der Waals surface area contributed by atoms with E-state index in [1.54, 1.807) is 0 Å². The topological polar surface area (TPSA) is 0 Å². The third kappa shape index (κ3) is 2.91. The Morgan fingerprint density at radius 2 is 0.565 bits per heavy atom. The maximum absolute atomic E-state index is 12.7.